The van der Waals surface area contributed by atoms with Gasteiger partial charge in [-0.3, -0.25) is 14.9 Å². The smallest absolute Gasteiger partial charge is 0.326 e. The summed E-state index contributed by atoms with van der Waals surface area (Å²) in [5.41, 5.74) is -0.282. The number of halogens is 1. The first-order valence-corrected chi connectivity index (χ1v) is 6.75. The highest BCUT2D eigenvalue weighted by Crippen LogP contribution is 2.25. The van der Waals surface area contributed by atoms with Gasteiger partial charge in [-0.1, -0.05) is 15.9 Å². The Morgan fingerprint density at radius 1 is 1.38 bits per heavy atom. The number of carbonyl (C=O) groups excluding carboxylic acids is 1. The normalized spacial score (nSPS) is 21.3. The van der Waals surface area contributed by atoms with Gasteiger partial charge in [-0.2, -0.15) is 0 Å². The van der Waals surface area contributed by atoms with Crippen molar-refractivity contribution in [3.63, 3.8) is 0 Å². The molecular formula is C12H11BrN2O6. The van der Waals surface area contributed by atoms with Crippen LogP contribution in [0.4, 0.5) is 5.69 Å². The number of aliphatic hydroxyl groups excluding tert-OH is 1. The lowest BCUT2D eigenvalue weighted by atomic mass is 10.1. The molecule has 0 bridgehead atoms. The summed E-state index contributed by atoms with van der Waals surface area (Å²) < 4.78 is 0.340. The minimum Gasteiger partial charge on any atom is -0.480 e. The minimum atomic E-state index is -1.22. The van der Waals surface area contributed by atoms with Gasteiger partial charge in [-0.25, -0.2) is 4.79 Å². The quantitative estimate of drug-likeness (QED) is 0.614. The molecule has 1 aliphatic rings. The van der Waals surface area contributed by atoms with Crippen molar-refractivity contribution < 1.29 is 24.7 Å². The second kappa shape index (κ2) is 5.78. The number of carboxylic acid groups (broad SMARTS) is 1. The van der Waals surface area contributed by atoms with Crippen LogP contribution in [0.2, 0.25) is 0 Å². The summed E-state index contributed by atoms with van der Waals surface area (Å²) in [6, 6.07) is 2.56. The summed E-state index contributed by atoms with van der Waals surface area (Å²) in [5.74, 6) is -1.88. The molecule has 0 unspecified atom stereocenters. The SMILES string of the molecule is O=C(O)[C@@H]1C[C@@H](O)CN1C(=O)c1cc(Br)cc([N+](=O)[O-])c1. The van der Waals surface area contributed by atoms with Crippen LogP contribution >= 0.6 is 15.9 Å². The molecule has 0 aliphatic carbocycles. The highest BCUT2D eigenvalue weighted by Gasteiger charge is 2.39. The van der Waals surface area contributed by atoms with Crippen LogP contribution < -0.4 is 0 Å². The average molecular weight is 359 g/mol. The van der Waals surface area contributed by atoms with Gasteiger partial charge in [0.1, 0.15) is 6.04 Å². The average Bonchev–Trinajstić information content (AvgIpc) is 2.79. The van der Waals surface area contributed by atoms with Crippen LogP contribution in [0, 0.1) is 10.1 Å². The lowest BCUT2D eigenvalue weighted by Gasteiger charge is -2.21. The number of carbonyl (C=O) groups is 2. The highest BCUT2D eigenvalue weighted by molar-refractivity contribution is 9.10. The molecule has 112 valence electrons. The second-order valence-corrected chi connectivity index (χ2v) is 5.57. The number of nitro groups is 1. The molecule has 2 rings (SSSR count). The Balaban J connectivity index is 2.35. The van der Waals surface area contributed by atoms with Gasteiger partial charge in [0.05, 0.1) is 11.0 Å². The molecule has 0 saturated carbocycles. The van der Waals surface area contributed by atoms with E-state index in [0.717, 1.165) is 11.0 Å². The number of aliphatic hydroxyl groups is 1. The summed E-state index contributed by atoms with van der Waals surface area (Å²) >= 11 is 3.07. The van der Waals surface area contributed by atoms with E-state index in [-0.39, 0.29) is 24.2 Å². The van der Waals surface area contributed by atoms with Gasteiger partial charge in [-0.05, 0) is 6.07 Å². The second-order valence-electron chi connectivity index (χ2n) is 4.66. The highest BCUT2D eigenvalue weighted by atomic mass is 79.9. The number of aliphatic carboxylic acids is 1. The molecule has 2 atom stereocenters. The Morgan fingerprint density at radius 2 is 2.05 bits per heavy atom. The zero-order valence-corrected chi connectivity index (χ0v) is 12.2. The molecule has 1 amide bonds. The van der Waals surface area contributed by atoms with Crippen molar-refractivity contribution in [2.24, 2.45) is 0 Å². The van der Waals surface area contributed by atoms with Gasteiger partial charge in [0.25, 0.3) is 11.6 Å². The molecular weight excluding hydrogens is 348 g/mol. The van der Waals surface area contributed by atoms with Crippen LogP contribution in [0.3, 0.4) is 0 Å². The topological polar surface area (TPSA) is 121 Å². The molecule has 1 aromatic carbocycles. The molecule has 1 heterocycles. The number of hydrogen-bond donors (Lipinski definition) is 2. The molecule has 21 heavy (non-hydrogen) atoms. The van der Waals surface area contributed by atoms with E-state index in [1.807, 2.05) is 0 Å². The number of benzene rings is 1. The fourth-order valence-electron chi connectivity index (χ4n) is 2.24. The van der Waals surface area contributed by atoms with Gasteiger partial charge in [0.2, 0.25) is 0 Å². The van der Waals surface area contributed by atoms with Crippen molar-refractivity contribution in [1.29, 1.82) is 0 Å². The number of carboxylic acids is 1. The number of amides is 1. The molecule has 1 saturated heterocycles. The third-order valence-corrected chi connectivity index (χ3v) is 3.62. The number of hydrogen-bond acceptors (Lipinski definition) is 5. The molecule has 9 heteroatoms. The van der Waals surface area contributed by atoms with Crippen LogP contribution in [0.15, 0.2) is 22.7 Å². The lowest BCUT2D eigenvalue weighted by molar-refractivity contribution is -0.385. The Labute approximate surface area is 127 Å². The molecule has 8 nitrogen and oxygen atoms in total. The van der Waals surface area contributed by atoms with Crippen LogP contribution in [0.5, 0.6) is 0 Å². The summed E-state index contributed by atoms with van der Waals surface area (Å²) in [6.45, 7) is -0.115. The van der Waals surface area contributed by atoms with Gasteiger partial charge >= 0.3 is 5.97 Å². The fourth-order valence-corrected chi connectivity index (χ4v) is 2.72. The molecule has 0 spiro atoms. The number of nitro benzene ring substituents is 1. The van der Waals surface area contributed by atoms with Gasteiger partial charge in [-0.15, -0.1) is 0 Å². The molecule has 1 fully saturated rings. The first-order valence-electron chi connectivity index (χ1n) is 5.96. The molecule has 0 radical (unpaired) electrons. The first-order chi connectivity index (χ1) is 9.79. The van der Waals surface area contributed by atoms with Crippen molar-refractivity contribution >= 4 is 33.5 Å². The Hall–Kier alpha value is -2.00. The summed E-state index contributed by atoms with van der Waals surface area (Å²) in [7, 11) is 0. The molecule has 2 N–H and O–H groups in total. The zero-order chi connectivity index (χ0) is 15.7. The van der Waals surface area contributed by atoms with Crippen molar-refractivity contribution in [3.8, 4) is 0 Å². The van der Waals surface area contributed by atoms with E-state index in [9.17, 15) is 24.8 Å². The standard InChI is InChI=1S/C12H11BrN2O6/c13-7-1-6(2-8(3-7)15(20)21)11(17)14-5-9(16)4-10(14)12(18)19/h1-3,9-10,16H,4-5H2,(H,18,19)/t9-,10+/m1/s1. The van der Waals surface area contributed by atoms with E-state index in [0.29, 0.717) is 4.47 Å². The first kappa shape index (κ1) is 15.4. The maximum Gasteiger partial charge on any atom is 0.326 e. The number of likely N-dealkylation sites (tertiary alicyclic amines) is 1. The zero-order valence-electron chi connectivity index (χ0n) is 10.6. The van der Waals surface area contributed by atoms with E-state index < -0.39 is 28.9 Å². The third kappa shape index (κ3) is 3.19. The Kier molecular flexibility index (Phi) is 4.24. The Morgan fingerprint density at radius 3 is 2.62 bits per heavy atom. The van der Waals surface area contributed by atoms with E-state index in [1.54, 1.807) is 0 Å². The van der Waals surface area contributed by atoms with E-state index in [4.69, 9.17) is 5.11 Å². The molecule has 0 aromatic heterocycles. The number of β-amino-alcohol motifs (C(OH)–C–C–N with tert-alkyl or cyclic N) is 1. The fraction of sp³-hybridized carbons (Fsp3) is 0.333. The van der Waals surface area contributed by atoms with Gasteiger partial charge in [0, 0.05) is 35.1 Å². The van der Waals surface area contributed by atoms with Gasteiger partial charge in [0.15, 0.2) is 0 Å². The third-order valence-electron chi connectivity index (χ3n) is 3.17. The van der Waals surface area contributed by atoms with Crippen molar-refractivity contribution in [2.45, 2.75) is 18.6 Å². The summed E-state index contributed by atoms with van der Waals surface area (Å²) in [4.78, 5) is 34.6. The van der Waals surface area contributed by atoms with Crippen LogP contribution in [0.1, 0.15) is 16.8 Å². The Bertz CT molecular complexity index is 620. The monoisotopic (exact) mass is 358 g/mol. The van der Waals surface area contributed by atoms with Crippen molar-refractivity contribution in [3.05, 3.63) is 38.3 Å². The number of nitrogens with zero attached hydrogens (tertiary/aromatic N) is 2. The van der Waals surface area contributed by atoms with Crippen molar-refractivity contribution in [2.75, 3.05) is 6.54 Å². The van der Waals surface area contributed by atoms with E-state index >= 15 is 0 Å². The van der Waals surface area contributed by atoms with Crippen LogP contribution in [-0.4, -0.2) is 50.6 Å². The largest absolute Gasteiger partial charge is 0.480 e. The predicted molar refractivity (Wildman–Crippen MR) is 73.9 cm³/mol. The van der Waals surface area contributed by atoms with E-state index in [1.165, 1.54) is 12.1 Å². The van der Waals surface area contributed by atoms with Crippen LogP contribution in [-0.2, 0) is 4.79 Å². The predicted octanol–water partition coefficient (Wildman–Crippen LogP) is 1.02. The number of non-ortho nitro benzene ring substituents is 1. The maximum atomic E-state index is 12.3. The van der Waals surface area contributed by atoms with E-state index in [2.05, 4.69) is 15.9 Å². The maximum absolute atomic E-state index is 12.3. The van der Waals surface area contributed by atoms with Gasteiger partial charge < -0.3 is 15.1 Å². The lowest BCUT2D eigenvalue weighted by Crippen LogP contribution is -2.40. The minimum absolute atomic E-state index is 0.00331. The summed E-state index contributed by atoms with van der Waals surface area (Å²) in [5, 5.41) is 29.4. The molecule has 1 aliphatic heterocycles. The van der Waals surface area contributed by atoms with Crippen molar-refractivity contribution in [1.82, 2.24) is 4.90 Å². The van der Waals surface area contributed by atoms with Crippen LogP contribution in [0.25, 0.3) is 0 Å². The summed E-state index contributed by atoms with van der Waals surface area (Å²) in [6.07, 6.45) is -0.978. The molecule has 1 aromatic rings. The number of rotatable bonds is 3.